The highest BCUT2D eigenvalue weighted by molar-refractivity contribution is 5.42. The Kier molecular flexibility index (Phi) is 2.95. The van der Waals surface area contributed by atoms with Gasteiger partial charge in [0.25, 0.3) is 0 Å². The second-order valence-electron chi connectivity index (χ2n) is 4.14. The van der Waals surface area contributed by atoms with Gasteiger partial charge < -0.3 is 5.11 Å². The molecule has 0 radical (unpaired) electrons. The second kappa shape index (κ2) is 4.40. The van der Waals surface area contributed by atoms with Crippen molar-refractivity contribution < 1.29 is 5.11 Å². The van der Waals surface area contributed by atoms with E-state index >= 15 is 0 Å². The van der Waals surface area contributed by atoms with Crippen molar-refractivity contribution in [2.24, 2.45) is 0 Å². The number of hydrogen-bond acceptors (Lipinski definition) is 1. The summed E-state index contributed by atoms with van der Waals surface area (Å²) in [5, 5.41) is 9.83. The zero-order valence-electron chi connectivity index (χ0n) is 9.64. The summed E-state index contributed by atoms with van der Waals surface area (Å²) in [6.45, 7) is 4.23. The van der Waals surface area contributed by atoms with Gasteiger partial charge in [-0.25, -0.2) is 0 Å². The molecule has 0 aliphatic heterocycles. The third-order valence-corrected chi connectivity index (χ3v) is 3.06. The van der Waals surface area contributed by atoms with Crippen LogP contribution in [0.5, 0.6) is 5.75 Å². The van der Waals surface area contributed by atoms with Gasteiger partial charge in [-0.2, -0.15) is 0 Å². The molecule has 0 fully saturated rings. The predicted molar refractivity (Wildman–Crippen MR) is 66.8 cm³/mol. The lowest BCUT2D eigenvalue weighted by molar-refractivity contribution is 0.466. The van der Waals surface area contributed by atoms with E-state index in [4.69, 9.17) is 0 Å². The van der Waals surface area contributed by atoms with Gasteiger partial charge in [-0.3, -0.25) is 0 Å². The molecular formula is C15H16O. The van der Waals surface area contributed by atoms with Crippen molar-refractivity contribution >= 4 is 0 Å². The van der Waals surface area contributed by atoms with Gasteiger partial charge >= 0.3 is 0 Å². The number of benzene rings is 2. The van der Waals surface area contributed by atoms with Crippen LogP contribution in [0.3, 0.4) is 0 Å². The summed E-state index contributed by atoms with van der Waals surface area (Å²) in [6.07, 6.45) is 0. The smallest absolute Gasteiger partial charge is 0.119 e. The summed E-state index contributed by atoms with van der Waals surface area (Å²) in [5.41, 5.74) is 3.51. The van der Waals surface area contributed by atoms with E-state index in [1.54, 1.807) is 6.07 Å². The largest absolute Gasteiger partial charge is 0.508 e. The molecule has 2 aromatic carbocycles. The van der Waals surface area contributed by atoms with Gasteiger partial charge in [0.2, 0.25) is 0 Å². The maximum absolute atomic E-state index is 9.83. The monoisotopic (exact) mass is 212 g/mol. The first-order valence-electron chi connectivity index (χ1n) is 5.53. The molecule has 0 aromatic heterocycles. The summed E-state index contributed by atoms with van der Waals surface area (Å²) in [5.74, 6) is 0.598. The highest BCUT2D eigenvalue weighted by atomic mass is 16.3. The molecule has 0 aliphatic rings. The summed E-state index contributed by atoms with van der Waals surface area (Å²) < 4.78 is 0. The van der Waals surface area contributed by atoms with Crippen LogP contribution in [0.1, 0.15) is 29.5 Å². The van der Waals surface area contributed by atoms with Crippen LogP contribution in [0, 0.1) is 6.92 Å². The highest BCUT2D eigenvalue weighted by Gasteiger charge is 2.13. The van der Waals surface area contributed by atoms with Gasteiger partial charge in [-0.05, 0) is 24.1 Å². The molecule has 1 atom stereocenters. The number of para-hydroxylation sites is 1. The van der Waals surface area contributed by atoms with E-state index in [1.165, 1.54) is 11.1 Å². The Morgan fingerprint density at radius 3 is 2.06 bits per heavy atom. The Morgan fingerprint density at radius 1 is 0.875 bits per heavy atom. The molecule has 1 nitrogen and oxygen atoms in total. The lowest BCUT2D eigenvalue weighted by Gasteiger charge is -2.16. The van der Waals surface area contributed by atoms with Crippen molar-refractivity contribution in [3.63, 3.8) is 0 Å². The van der Waals surface area contributed by atoms with Crippen molar-refractivity contribution in [1.29, 1.82) is 0 Å². The lowest BCUT2D eigenvalue weighted by atomic mass is 9.90. The van der Waals surface area contributed by atoms with Crippen LogP contribution >= 0.6 is 0 Å². The summed E-state index contributed by atoms with van der Waals surface area (Å²) in [4.78, 5) is 0. The van der Waals surface area contributed by atoms with Crippen molar-refractivity contribution in [3.05, 3.63) is 65.2 Å². The molecule has 2 rings (SSSR count). The van der Waals surface area contributed by atoms with Gasteiger partial charge in [0.05, 0.1) is 0 Å². The van der Waals surface area contributed by atoms with Gasteiger partial charge in [0.1, 0.15) is 5.75 Å². The number of aromatic hydroxyl groups is 1. The van der Waals surface area contributed by atoms with E-state index in [1.807, 2.05) is 30.3 Å². The third kappa shape index (κ3) is 1.94. The Labute approximate surface area is 96.4 Å². The van der Waals surface area contributed by atoms with Crippen LogP contribution < -0.4 is 0 Å². The normalized spacial score (nSPS) is 12.4. The van der Waals surface area contributed by atoms with Crippen LogP contribution in [0.25, 0.3) is 0 Å². The van der Waals surface area contributed by atoms with Crippen molar-refractivity contribution in [1.82, 2.24) is 0 Å². The average molecular weight is 212 g/mol. The SMILES string of the molecule is Cc1ccccc1C(C)c1ccccc1O. The first kappa shape index (κ1) is 10.7. The summed E-state index contributed by atoms with van der Waals surface area (Å²) in [7, 11) is 0. The minimum atomic E-state index is 0.224. The fraction of sp³-hybridized carbons (Fsp3) is 0.200. The molecule has 0 bridgehead atoms. The maximum Gasteiger partial charge on any atom is 0.119 e. The Morgan fingerprint density at radius 2 is 1.44 bits per heavy atom. The van der Waals surface area contributed by atoms with Crippen LogP contribution in [0.2, 0.25) is 0 Å². The second-order valence-corrected chi connectivity index (χ2v) is 4.14. The summed E-state index contributed by atoms with van der Waals surface area (Å²) in [6, 6.07) is 15.8. The van der Waals surface area contributed by atoms with E-state index in [0.29, 0.717) is 5.75 Å². The van der Waals surface area contributed by atoms with E-state index in [9.17, 15) is 5.11 Å². The molecular weight excluding hydrogens is 196 g/mol. The van der Waals surface area contributed by atoms with Crippen molar-refractivity contribution in [2.75, 3.05) is 0 Å². The zero-order valence-corrected chi connectivity index (χ0v) is 9.64. The van der Waals surface area contributed by atoms with Crippen molar-refractivity contribution in [2.45, 2.75) is 19.8 Å². The minimum absolute atomic E-state index is 0.224. The molecule has 0 saturated carbocycles. The number of aryl methyl sites for hydroxylation is 1. The molecule has 0 aliphatic carbocycles. The fourth-order valence-corrected chi connectivity index (χ4v) is 2.09. The highest BCUT2D eigenvalue weighted by Crippen LogP contribution is 2.31. The van der Waals surface area contributed by atoms with Crippen LogP contribution in [0.15, 0.2) is 48.5 Å². The first-order chi connectivity index (χ1) is 7.70. The Bertz CT molecular complexity index is 443. The van der Waals surface area contributed by atoms with Gasteiger partial charge in [-0.15, -0.1) is 0 Å². The Balaban J connectivity index is 2.44. The minimum Gasteiger partial charge on any atom is -0.508 e. The standard InChI is InChI=1S/C15H16O/c1-11-7-3-4-8-13(11)12(2)14-9-5-6-10-15(14)16/h3-10,12,16H,1-2H3. The van der Waals surface area contributed by atoms with E-state index in [2.05, 4.69) is 26.0 Å². The molecule has 1 N–H and O–H groups in total. The van der Waals surface area contributed by atoms with Gasteiger partial charge in [0, 0.05) is 11.5 Å². The fourth-order valence-electron chi connectivity index (χ4n) is 2.09. The summed E-state index contributed by atoms with van der Waals surface area (Å²) >= 11 is 0. The number of hydrogen-bond donors (Lipinski definition) is 1. The Hall–Kier alpha value is -1.76. The molecule has 0 heterocycles. The van der Waals surface area contributed by atoms with Gasteiger partial charge in [0.15, 0.2) is 0 Å². The average Bonchev–Trinajstić information content (AvgIpc) is 2.29. The molecule has 2 aromatic rings. The predicted octanol–water partition coefficient (Wildman–Crippen LogP) is 3.85. The first-order valence-corrected chi connectivity index (χ1v) is 5.53. The number of rotatable bonds is 2. The molecule has 0 spiro atoms. The maximum atomic E-state index is 9.83. The molecule has 82 valence electrons. The molecule has 16 heavy (non-hydrogen) atoms. The topological polar surface area (TPSA) is 20.2 Å². The van der Waals surface area contributed by atoms with E-state index in [-0.39, 0.29) is 5.92 Å². The molecule has 0 saturated heterocycles. The molecule has 1 heteroatoms. The van der Waals surface area contributed by atoms with Crippen LogP contribution in [-0.2, 0) is 0 Å². The van der Waals surface area contributed by atoms with Gasteiger partial charge in [-0.1, -0.05) is 49.4 Å². The third-order valence-electron chi connectivity index (χ3n) is 3.06. The van der Waals surface area contributed by atoms with Crippen LogP contribution in [-0.4, -0.2) is 5.11 Å². The quantitative estimate of drug-likeness (QED) is 0.801. The van der Waals surface area contributed by atoms with E-state index in [0.717, 1.165) is 5.56 Å². The number of phenols is 1. The molecule has 1 unspecified atom stereocenters. The van der Waals surface area contributed by atoms with E-state index < -0.39 is 0 Å². The molecule has 0 amide bonds. The van der Waals surface area contributed by atoms with Crippen LogP contribution in [0.4, 0.5) is 0 Å². The van der Waals surface area contributed by atoms with Crippen molar-refractivity contribution in [3.8, 4) is 5.75 Å². The number of phenolic OH excluding ortho intramolecular Hbond substituents is 1. The zero-order chi connectivity index (χ0) is 11.5. The lowest BCUT2D eigenvalue weighted by Crippen LogP contribution is -1.98.